The third kappa shape index (κ3) is 4.21. The normalized spacial score (nSPS) is 13.0. The van der Waals surface area contributed by atoms with Crippen molar-refractivity contribution in [1.29, 1.82) is 0 Å². The summed E-state index contributed by atoms with van der Waals surface area (Å²) in [6.45, 7) is 7.52. The van der Waals surface area contributed by atoms with E-state index in [1.54, 1.807) is 0 Å². The van der Waals surface area contributed by atoms with Gasteiger partial charge in [-0.2, -0.15) is 0 Å². The van der Waals surface area contributed by atoms with Crippen molar-refractivity contribution in [2.24, 2.45) is 0 Å². The molecule has 4 heteroatoms. The second kappa shape index (κ2) is 6.06. The van der Waals surface area contributed by atoms with Crippen LogP contribution < -0.4 is 5.32 Å². The maximum absolute atomic E-state index is 11.9. The Bertz CT molecular complexity index is 661. The maximum atomic E-state index is 11.9. The zero-order valence-electron chi connectivity index (χ0n) is 12.7. The van der Waals surface area contributed by atoms with E-state index in [0.717, 1.165) is 20.8 Å². The highest BCUT2D eigenvalue weighted by molar-refractivity contribution is 9.10. The number of hydrogen-bond acceptors (Lipinski definition) is 2. The predicted octanol–water partition coefficient (Wildman–Crippen LogP) is 5.19. The number of benzene rings is 2. The van der Waals surface area contributed by atoms with Gasteiger partial charge in [-0.1, -0.05) is 40.2 Å². The fraction of sp³-hybridized carbons (Fsp3) is 0.353. The molecule has 0 saturated heterocycles. The Kier molecular flexibility index (Phi) is 4.57. The van der Waals surface area contributed by atoms with Gasteiger partial charge in [0.2, 0.25) is 0 Å². The minimum atomic E-state index is -0.497. The molecule has 0 saturated carbocycles. The van der Waals surface area contributed by atoms with Gasteiger partial charge in [0.25, 0.3) is 0 Å². The van der Waals surface area contributed by atoms with Gasteiger partial charge >= 0.3 is 6.09 Å². The van der Waals surface area contributed by atoms with Gasteiger partial charge in [0.15, 0.2) is 0 Å². The number of ether oxygens (including phenoxy) is 1. The van der Waals surface area contributed by atoms with E-state index in [1.807, 2.05) is 45.9 Å². The number of hydrogen-bond donors (Lipinski definition) is 1. The molecule has 2 aromatic rings. The first-order valence-electron chi connectivity index (χ1n) is 6.94. The fourth-order valence-electron chi connectivity index (χ4n) is 2.22. The molecule has 0 aliphatic heterocycles. The molecule has 1 atom stereocenters. The standard InChI is InChI=1S/C17H20BrNO2/c1-11(19-16(20)21-17(2,3)4)15-10-13(18)9-12-7-5-6-8-14(12)15/h5-11H,1-4H3,(H,19,20). The van der Waals surface area contributed by atoms with Gasteiger partial charge in [0.05, 0.1) is 6.04 Å². The van der Waals surface area contributed by atoms with Crippen LogP contribution in [0.3, 0.4) is 0 Å². The molecule has 0 heterocycles. The molecular formula is C17H20BrNO2. The first-order valence-corrected chi connectivity index (χ1v) is 7.73. The summed E-state index contributed by atoms with van der Waals surface area (Å²) in [6.07, 6.45) is -0.404. The Balaban J connectivity index is 2.27. The zero-order valence-corrected chi connectivity index (χ0v) is 14.3. The lowest BCUT2D eigenvalue weighted by Crippen LogP contribution is -2.34. The highest BCUT2D eigenvalue weighted by Gasteiger charge is 2.19. The molecule has 2 rings (SSSR count). The van der Waals surface area contributed by atoms with Gasteiger partial charge in [-0.25, -0.2) is 4.79 Å². The average Bonchev–Trinajstić information content (AvgIpc) is 2.35. The van der Waals surface area contributed by atoms with E-state index < -0.39 is 11.7 Å². The summed E-state index contributed by atoms with van der Waals surface area (Å²) >= 11 is 3.52. The van der Waals surface area contributed by atoms with Crippen LogP contribution in [0, 0.1) is 0 Å². The van der Waals surface area contributed by atoms with E-state index >= 15 is 0 Å². The molecule has 0 fully saturated rings. The summed E-state index contributed by atoms with van der Waals surface area (Å²) in [5.74, 6) is 0. The van der Waals surface area contributed by atoms with Crippen LogP contribution in [0.15, 0.2) is 40.9 Å². The van der Waals surface area contributed by atoms with Crippen LogP contribution in [0.25, 0.3) is 10.8 Å². The number of amides is 1. The molecule has 0 radical (unpaired) electrons. The molecule has 0 aliphatic rings. The van der Waals surface area contributed by atoms with E-state index in [9.17, 15) is 4.79 Å². The lowest BCUT2D eigenvalue weighted by atomic mass is 10.00. The molecule has 0 aliphatic carbocycles. The van der Waals surface area contributed by atoms with Gasteiger partial charge in [-0.3, -0.25) is 0 Å². The second-order valence-electron chi connectivity index (χ2n) is 6.08. The van der Waals surface area contributed by atoms with Crippen molar-refractivity contribution in [3.8, 4) is 0 Å². The third-order valence-electron chi connectivity index (χ3n) is 3.06. The van der Waals surface area contributed by atoms with Gasteiger partial charge < -0.3 is 10.1 Å². The van der Waals surface area contributed by atoms with Gasteiger partial charge in [0, 0.05) is 4.47 Å². The van der Waals surface area contributed by atoms with Gasteiger partial charge in [-0.15, -0.1) is 0 Å². The molecule has 0 bridgehead atoms. The van der Waals surface area contributed by atoms with Crippen molar-refractivity contribution in [2.75, 3.05) is 0 Å². The minimum absolute atomic E-state index is 0.137. The minimum Gasteiger partial charge on any atom is -0.444 e. The predicted molar refractivity (Wildman–Crippen MR) is 89.4 cm³/mol. The summed E-state index contributed by atoms with van der Waals surface area (Å²) in [5.41, 5.74) is 0.564. The summed E-state index contributed by atoms with van der Waals surface area (Å²) in [6, 6.07) is 12.1. The Morgan fingerprint density at radius 3 is 2.57 bits per heavy atom. The van der Waals surface area contributed by atoms with Crippen molar-refractivity contribution in [3.63, 3.8) is 0 Å². The van der Waals surface area contributed by atoms with E-state index in [0.29, 0.717) is 0 Å². The maximum Gasteiger partial charge on any atom is 0.408 e. The van der Waals surface area contributed by atoms with E-state index in [4.69, 9.17) is 4.74 Å². The average molecular weight is 350 g/mol. The van der Waals surface area contributed by atoms with Crippen LogP contribution in [-0.2, 0) is 4.74 Å². The van der Waals surface area contributed by atoms with Gasteiger partial charge in [-0.05, 0) is 56.2 Å². The Morgan fingerprint density at radius 1 is 1.24 bits per heavy atom. The van der Waals surface area contributed by atoms with Crippen molar-refractivity contribution >= 4 is 32.8 Å². The topological polar surface area (TPSA) is 38.3 Å². The highest BCUT2D eigenvalue weighted by Crippen LogP contribution is 2.28. The molecule has 3 nitrogen and oxygen atoms in total. The summed E-state index contributed by atoms with van der Waals surface area (Å²) < 4.78 is 6.30. The molecule has 0 aromatic heterocycles. The smallest absolute Gasteiger partial charge is 0.408 e. The molecule has 2 aromatic carbocycles. The first kappa shape index (κ1) is 15.8. The number of halogens is 1. The Hall–Kier alpha value is -1.55. The van der Waals surface area contributed by atoms with Crippen LogP contribution in [0.4, 0.5) is 4.79 Å². The third-order valence-corrected chi connectivity index (χ3v) is 3.52. The zero-order chi connectivity index (χ0) is 15.6. The number of nitrogens with one attached hydrogen (secondary N) is 1. The summed E-state index contributed by atoms with van der Waals surface area (Å²) in [5, 5.41) is 5.16. The molecule has 1 amide bonds. The molecular weight excluding hydrogens is 330 g/mol. The quantitative estimate of drug-likeness (QED) is 0.810. The lowest BCUT2D eigenvalue weighted by molar-refractivity contribution is 0.0508. The van der Waals surface area contributed by atoms with Gasteiger partial charge in [0.1, 0.15) is 5.60 Å². The van der Waals surface area contributed by atoms with Crippen molar-refractivity contribution in [3.05, 3.63) is 46.4 Å². The van der Waals surface area contributed by atoms with Crippen LogP contribution in [0.1, 0.15) is 39.3 Å². The number of fused-ring (bicyclic) bond motifs is 1. The van der Waals surface area contributed by atoms with E-state index in [1.165, 1.54) is 0 Å². The molecule has 21 heavy (non-hydrogen) atoms. The van der Waals surface area contributed by atoms with Crippen LogP contribution in [-0.4, -0.2) is 11.7 Å². The van der Waals surface area contributed by atoms with Crippen molar-refractivity contribution in [2.45, 2.75) is 39.3 Å². The summed E-state index contributed by atoms with van der Waals surface area (Å²) in [4.78, 5) is 11.9. The van der Waals surface area contributed by atoms with Crippen molar-refractivity contribution in [1.82, 2.24) is 5.32 Å². The SMILES string of the molecule is CC(NC(=O)OC(C)(C)C)c1cc(Br)cc2ccccc12. The number of carbonyl (C=O) groups is 1. The van der Waals surface area contributed by atoms with Crippen LogP contribution >= 0.6 is 15.9 Å². The molecule has 1 N–H and O–H groups in total. The number of carbonyl (C=O) groups excluding carboxylic acids is 1. The number of alkyl carbamates (subject to hydrolysis) is 1. The molecule has 1 unspecified atom stereocenters. The second-order valence-corrected chi connectivity index (χ2v) is 7.00. The van der Waals surface area contributed by atoms with Crippen LogP contribution in [0.5, 0.6) is 0 Å². The fourth-order valence-corrected chi connectivity index (χ4v) is 2.72. The van der Waals surface area contributed by atoms with Crippen LogP contribution in [0.2, 0.25) is 0 Å². The Labute approximate surface area is 133 Å². The van der Waals surface area contributed by atoms with Crippen molar-refractivity contribution < 1.29 is 9.53 Å². The molecule has 0 spiro atoms. The Morgan fingerprint density at radius 2 is 1.90 bits per heavy atom. The van der Waals surface area contributed by atoms with E-state index in [2.05, 4.69) is 39.4 Å². The molecule has 112 valence electrons. The summed E-state index contributed by atoms with van der Waals surface area (Å²) in [7, 11) is 0. The monoisotopic (exact) mass is 349 g/mol. The number of rotatable bonds is 2. The highest BCUT2D eigenvalue weighted by atomic mass is 79.9. The largest absolute Gasteiger partial charge is 0.444 e. The lowest BCUT2D eigenvalue weighted by Gasteiger charge is -2.23. The van der Waals surface area contributed by atoms with E-state index in [-0.39, 0.29) is 6.04 Å². The first-order chi connectivity index (χ1) is 9.76.